The Bertz CT molecular complexity index is 612. The molecule has 0 unspecified atom stereocenters. The van der Waals surface area contributed by atoms with Crippen LogP contribution in [0.3, 0.4) is 0 Å². The quantitative estimate of drug-likeness (QED) is 0.814. The second kappa shape index (κ2) is 6.87. The van der Waals surface area contributed by atoms with Crippen molar-refractivity contribution in [2.75, 3.05) is 0 Å². The fourth-order valence-electron chi connectivity index (χ4n) is 3.06. The van der Waals surface area contributed by atoms with Crippen molar-refractivity contribution in [3.8, 4) is 22.6 Å². The first kappa shape index (κ1) is 16.4. The van der Waals surface area contributed by atoms with E-state index in [4.69, 9.17) is 0 Å². The maximum Gasteiger partial charge on any atom is 0.119 e. The van der Waals surface area contributed by atoms with Gasteiger partial charge in [-0.1, -0.05) is 39.8 Å². The highest BCUT2D eigenvalue weighted by molar-refractivity contribution is 5.76. The van der Waals surface area contributed by atoms with Crippen LogP contribution in [0.4, 0.5) is 0 Å². The van der Waals surface area contributed by atoms with E-state index < -0.39 is 0 Å². The van der Waals surface area contributed by atoms with Gasteiger partial charge in [-0.2, -0.15) is 0 Å². The van der Waals surface area contributed by atoms with Gasteiger partial charge in [0, 0.05) is 11.1 Å². The van der Waals surface area contributed by atoms with Crippen molar-refractivity contribution in [3.63, 3.8) is 0 Å². The third kappa shape index (κ3) is 2.96. The Morgan fingerprint density at radius 3 is 1.23 bits per heavy atom. The Morgan fingerprint density at radius 2 is 0.955 bits per heavy atom. The van der Waals surface area contributed by atoms with Gasteiger partial charge in [0.15, 0.2) is 0 Å². The number of hydrogen-bond acceptors (Lipinski definition) is 2. The number of rotatable bonds is 5. The maximum absolute atomic E-state index is 10.4. The van der Waals surface area contributed by atoms with Gasteiger partial charge in [-0.3, -0.25) is 0 Å². The van der Waals surface area contributed by atoms with Crippen LogP contribution in [-0.4, -0.2) is 10.2 Å². The summed E-state index contributed by atoms with van der Waals surface area (Å²) in [6.45, 7) is 8.29. The molecular weight excluding hydrogens is 272 g/mol. The first-order valence-corrected chi connectivity index (χ1v) is 8.25. The minimum absolute atomic E-state index is 0.361. The Hall–Kier alpha value is -1.96. The maximum atomic E-state index is 10.4. The van der Waals surface area contributed by atoms with E-state index in [-0.39, 0.29) is 0 Å². The summed E-state index contributed by atoms with van der Waals surface area (Å²) in [6.07, 6.45) is 3.30. The van der Waals surface area contributed by atoms with Crippen molar-refractivity contribution in [1.29, 1.82) is 0 Å². The van der Waals surface area contributed by atoms with Gasteiger partial charge in [0.05, 0.1) is 0 Å². The number of aryl methyl sites for hydroxylation is 2. The highest BCUT2D eigenvalue weighted by Gasteiger charge is 2.16. The average Bonchev–Trinajstić information content (AvgIpc) is 2.53. The van der Waals surface area contributed by atoms with Crippen LogP contribution in [0.5, 0.6) is 11.5 Å². The van der Waals surface area contributed by atoms with Crippen LogP contribution in [0.15, 0.2) is 24.3 Å². The Kier molecular flexibility index (Phi) is 5.12. The van der Waals surface area contributed by atoms with E-state index in [9.17, 15) is 10.2 Å². The summed E-state index contributed by atoms with van der Waals surface area (Å²) in [4.78, 5) is 0. The molecule has 2 aromatic rings. The van der Waals surface area contributed by atoms with Crippen molar-refractivity contribution in [2.24, 2.45) is 0 Å². The molecule has 0 heterocycles. The molecule has 0 amide bonds. The molecule has 22 heavy (non-hydrogen) atoms. The van der Waals surface area contributed by atoms with Gasteiger partial charge in [0.25, 0.3) is 0 Å². The number of phenols is 2. The molecule has 0 aliphatic carbocycles. The summed E-state index contributed by atoms with van der Waals surface area (Å²) in [5.74, 6) is 0.723. The van der Waals surface area contributed by atoms with Gasteiger partial charge in [0.2, 0.25) is 0 Å². The molecule has 2 rings (SSSR count). The van der Waals surface area contributed by atoms with Gasteiger partial charge >= 0.3 is 0 Å². The second-order valence-electron chi connectivity index (χ2n) is 5.70. The Balaban J connectivity index is 2.79. The topological polar surface area (TPSA) is 40.5 Å². The molecular formula is C20H26O2. The van der Waals surface area contributed by atoms with E-state index in [1.165, 1.54) is 0 Å². The minimum Gasteiger partial charge on any atom is -0.508 e. The molecule has 118 valence electrons. The zero-order valence-electron chi connectivity index (χ0n) is 14.0. The van der Waals surface area contributed by atoms with Gasteiger partial charge in [-0.15, -0.1) is 0 Å². The number of phenolic OH excluding ortho intramolecular Hbond substituents is 2. The molecule has 2 N–H and O–H groups in total. The van der Waals surface area contributed by atoms with Crippen LogP contribution < -0.4 is 0 Å². The third-order valence-corrected chi connectivity index (χ3v) is 4.39. The molecule has 0 fully saturated rings. The van der Waals surface area contributed by atoms with Gasteiger partial charge in [-0.25, -0.2) is 0 Å². The first-order valence-electron chi connectivity index (χ1n) is 8.25. The van der Waals surface area contributed by atoms with Crippen LogP contribution in [-0.2, 0) is 25.7 Å². The normalized spacial score (nSPS) is 10.9. The molecule has 2 aromatic carbocycles. The SMILES string of the molecule is CCc1cc(O)c(CC)c(-c2cc(CC)cc(O)c2CC)c1. The van der Waals surface area contributed by atoms with Gasteiger partial charge in [-0.05, 0) is 60.1 Å². The van der Waals surface area contributed by atoms with E-state index >= 15 is 0 Å². The summed E-state index contributed by atoms with van der Waals surface area (Å²) in [6, 6.07) is 8.03. The molecule has 0 spiro atoms. The summed E-state index contributed by atoms with van der Waals surface area (Å²) < 4.78 is 0. The Labute approximate surface area is 133 Å². The zero-order chi connectivity index (χ0) is 16.3. The third-order valence-electron chi connectivity index (χ3n) is 4.39. The van der Waals surface area contributed by atoms with Gasteiger partial charge in [0.1, 0.15) is 11.5 Å². The molecule has 0 bridgehead atoms. The summed E-state index contributed by atoms with van der Waals surface area (Å²) in [5.41, 5.74) is 6.27. The molecule has 0 aliphatic heterocycles. The van der Waals surface area contributed by atoms with Crippen LogP contribution in [0.2, 0.25) is 0 Å². The lowest BCUT2D eigenvalue weighted by molar-refractivity contribution is 0.466. The van der Waals surface area contributed by atoms with Crippen LogP contribution >= 0.6 is 0 Å². The largest absolute Gasteiger partial charge is 0.508 e. The predicted molar refractivity (Wildman–Crippen MR) is 92.7 cm³/mol. The highest BCUT2D eigenvalue weighted by atomic mass is 16.3. The molecule has 0 saturated carbocycles. The van der Waals surface area contributed by atoms with E-state index in [1.807, 2.05) is 12.1 Å². The number of benzene rings is 2. The molecule has 0 aromatic heterocycles. The lowest BCUT2D eigenvalue weighted by atomic mass is 9.88. The fraction of sp³-hybridized carbons (Fsp3) is 0.400. The van der Waals surface area contributed by atoms with Crippen LogP contribution in [0.1, 0.15) is 49.9 Å². The van der Waals surface area contributed by atoms with Crippen molar-refractivity contribution in [2.45, 2.75) is 53.4 Å². The van der Waals surface area contributed by atoms with E-state index in [0.717, 1.165) is 59.1 Å². The fourth-order valence-corrected chi connectivity index (χ4v) is 3.06. The average molecular weight is 298 g/mol. The van der Waals surface area contributed by atoms with E-state index in [2.05, 4.69) is 39.8 Å². The first-order chi connectivity index (χ1) is 10.5. The molecule has 2 heteroatoms. The van der Waals surface area contributed by atoms with Crippen molar-refractivity contribution >= 4 is 0 Å². The number of aromatic hydroxyl groups is 2. The predicted octanol–water partition coefficient (Wildman–Crippen LogP) is 5.01. The summed E-state index contributed by atoms with van der Waals surface area (Å²) in [7, 11) is 0. The second-order valence-corrected chi connectivity index (χ2v) is 5.70. The summed E-state index contributed by atoms with van der Waals surface area (Å²) in [5, 5.41) is 20.7. The monoisotopic (exact) mass is 298 g/mol. The van der Waals surface area contributed by atoms with Crippen molar-refractivity contribution in [3.05, 3.63) is 46.5 Å². The lowest BCUT2D eigenvalue weighted by Gasteiger charge is -2.18. The smallest absolute Gasteiger partial charge is 0.119 e. The molecule has 0 aliphatic rings. The van der Waals surface area contributed by atoms with Crippen LogP contribution in [0.25, 0.3) is 11.1 Å². The minimum atomic E-state index is 0.361. The van der Waals surface area contributed by atoms with E-state index in [1.54, 1.807) is 0 Å². The standard InChI is InChI=1S/C20H26O2/c1-5-13-9-17(15(7-3)19(21)11-13)18-10-14(6-2)12-20(22)16(18)8-4/h9-12,21-22H,5-8H2,1-4H3. The molecule has 0 saturated heterocycles. The molecule has 0 atom stereocenters. The van der Waals surface area contributed by atoms with Gasteiger partial charge < -0.3 is 10.2 Å². The van der Waals surface area contributed by atoms with E-state index in [0.29, 0.717) is 11.5 Å². The molecule has 2 nitrogen and oxygen atoms in total. The Morgan fingerprint density at radius 1 is 0.591 bits per heavy atom. The van der Waals surface area contributed by atoms with Crippen molar-refractivity contribution in [1.82, 2.24) is 0 Å². The van der Waals surface area contributed by atoms with Crippen molar-refractivity contribution < 1.29 is 10.2 Å². The lowest BCUT2D eigenvalue weighted by Crippen LogP contribution is -1.97. The summed E-state index contributed by atoms with van der Waals surface area (Å²) >= 11 is 0. The number of hydrogen-bond donors (Lipinski definition) is 2. The van der Waals surface area contributed by atoms with Crippen LogP contribution in [0, 0.1) is 0 Å². The molecule has 0 radical (unpaired) electrons. The highest BCUT2D eigenvalue weighted by Crippen LogP contribution is 2.38. The zero-order valence-corrected chi connectivity index (χ0v) is 14.0.